The fraction of sp³-hybridized carbons (Fsp3) is 0.562. The molecule has 7 heteroatoms. The van der Waals surface area contributed by atoms with Gasteiger partial charge < -0.3 is 15.5 Å². The molecule has 0 aliphatic carbocycles. The van der Waals surface area contributed by atoms with Gasteiger partial charge in [0.15, 0.2) is 0 Å². The Morgan fingerprint density at radius 2 is 2.04 bits per heavy atom. The third kappa shape index (κ3) is 5.24. The summed E-state index contributed by atoms with van der Waals surface area (Å²) in [7, 11) is 0. The van der Waals surface area contributed by atoms with Gasteiger partial charge in [-0.15, -0.1) is 24.8 Å². The van der Waals surface area contributed by atoms with E-state index in [1.807, 2.05) is 6.07 Å². The first kappa shape index (κ1) is 20.6. The minimum Gasteiger partial charge on any atom is -0.368 e. The van der Waals surface area contributed by atoms with E-state index in [0.717, 1.165) is 49.9 Å². The van der Waals surface area contributed by atoms with E-state index in [4.69, 9.17) is 0 Å². The van der Waals surface area contributed by atoms with Crippen LogP contribution in [0.15, 0.2) is 28.7 Å². The van der Waals surface area contributed by atoms with Crippen LogP contribution in [0.2, 0.25) is 0 Å². The number of hydrogen-bond acceptors (Lipinski definition) is 3. The molecule has 0 saturated carbocycles. The van der Waals surface area contributed by atoms with Gasteiger partial charge in [0.1, 0.15) is 0 Å². The van der Waals surface area contributed by atoms with E-state index >= 15 is 0 Å². The van der Waals surface area contributed by atoms with E-state index in [1.165, 1.54) is 5.69 Å². The van der Waals surface area contributed by atoms with Crippen LogP contribution in [0, 0.1) is 5.92 Å². The summed E-state index contributed by atoms with van der Waals surface area (Å²) in [4.78, 5) is 14.6. The van der Waals surface area contributed by atoms with Crippen LogP contribution < -0.4 is 15.5 Å². The summed E-state index contributed by atoms with van der Waals surface area (Å²) >= 11 is 3.60. The van der Waals surface area contributed by atoms with Crippen molar-refractivity contribution in [2.45, 2.75) is 25.3 Å². The first-order valence-corrected chi connectivity index (χ1v) is 8.54. The monoisotopic (exact) mass is 423 g/mol. The van der Waals surface area contributed by atoms with Gasteiger partial charge in [0.2, 0.25) is 5.91 Å². The van der Waals surface area contributed by atoms with E-state index < -0.39 is 0 Å². The van der Waals surface area contributed by atoms with Gasteiger partial charge in [0.25, 0.3) is 0 Å². The number of anilines is 1. The van der Waals surface area contributed by atoms with E-state index in [1.54, 1.807) is 0 Å². The van der Waals surface area contributed by atoms with Crippen molar-refractivity contribution in [1.82, 2.24) is 10.6 Å². The smallest absolute Gasteiger partial charge is 0.224 e. The zero-order chi connectivity index (χ0) is 14.7. The van der Waals surface area contributed by atoms with Gasteiger partial charge in [-0.2, -0.15) is 0 Å². The van der Waals surface area contributed by atoms with E-state index in [9.17, 15) is 4.79 Å². The molecule has 1 aromatic carbocycles. The first-order valence-electron chi connectivity index (χ1n) is 7.74. The van der Waals surface area contributed by atoms with Gasteiger partial charge in [0.05, 0.1) is 11.6 Å². The topological polar surface area (TPSA) is 44.4 Å². The van der Waals surface area contributed by atoms with Crippen molar-refractivity contribution in [3.05, 3.63) is 28.7 Å². The molecule has 0 aromatic heterocycles. The predicted molar refractivity (Wildman–Crippen MR) is 103 cm³/mol. The number of carbonyl (C=O) groups excluding carboxylic acids is 1. The Morgan fingerprint density at radius 3 is 2.74 bits per heavy atom. The van der Waals surface area contributed by atoms with Crippen molar-refractivity contribution >= 4 is 52.3 Å². The van der Waals surface area contributed by atoms with Gasteiger partial charge in [-0.1, -0.05) is 12.1 Å². The van der Waals surface area contributed by atoms with Gasteiger partial charge in [-0.3, -0.25) is 4.79 Å². The van der Waals surface area contributed by atoms with Crippen LogP contribution in [0.4, 0.5) is 5.69 Å². The molecule has 2 saturated heterocycles. The molecule has 2 N–H and O–H groups in total. The molecule has 1 amide bonds. The molecule has 23 heavy (non-hydrogen) atoms. The molecular weight excluding hydrogens is 401 g/mol. The average Bonchev–Trinajstić information content (AvgIpc) is 2.97. The summed E-state index contributed by atoms with van der Waals surface area (Å²) < 4.78 is 1.12. The van der Waals surface area contributed by atoms with Crippen molar-refractivity contribution < 1.29 is 4.79 Å². The van der Waals surface area contributed by atoms with E-state index in [0.29, 0.717) is 0 Å². The molecule has 2 heterocycles. The lowest BCUT2D eigenvalue weighted by Crippen LogP contribution is -2.45. The maximum Gasteiger partial charge on any atom is 0.224 e. The lowest BCUT2D eigenvalue weighted by molar-refractivity contribution is -0.126. The van der Waals surface area contributed by atoms with Gasteiger partial charge >= 0.3 is 0 Å². The molecule has 130 valence electrons. The van der Waals surface area contributed by atoms with Gasteiger partial charge in [-0.25, -0.2) is 0 Å². The highest BCUT2D eigenvalue weighted by molar-refractivity contribution is 9.10. The number of nitrogens with zero attached hydrogens (tertiary/aromatic N) is 1. The third-order valence-corrected chi connectivity index (χ3v) is 5.07. The second-order valence-corrected chi connectivity index (χ2v) is 6.79. The molecule has 2 atom stereocenters. The van der Waals surface area contributed by atoms with E-state index in [2.05, 4.69) is 49.7 Å². The normalized spacial score (nSPS) is 23.6. The molecule has 2 aliphatic rings. The van der Waals surface area contributed by atoms with Gasteiger partial charge in [0, 0.05) is 30.1 Å². The number of amides is 1. The van der Waals surface area contributed by atoms with Gasteiger partial charge in [-0.05, 0) is 53.9 Å². The number of halogens is 3. The largest absolute Gasteiger partial charge is 0.368 e. The number of hydrogen-bond donors (Lipinski definition) is 2. The summed E-state index contributed by atoms with van der Waals surface area (Å²) in [6.45, 7) is 3.76. The quantitative estimate of drug-likeness (QED) is 0.783. The average molecular weight is 425 g/mol. The molecule has 0 radical (unpaired) electrons. The first-order chi connectivity index (χ1) is 10.2. The summed E-state index contributed by atoms with van der Waals surface area (Å²) in [6, 6.07) is 8.54. The highest BCUT2D eigenvalue weighted by Crippen LogP contribution is 2.28. The van der Waals surface area contributed by atoms with Crippen molar-refractivity contribution in [2.75, 3.05) is 31.1 Å². The van der Waals surface area contributed by atoms with Crippen LogP contribution in [-0.4, -0.2) is 38.1 Å². The van der Waals surface area contributed by atoms with Crippen LogP contribution in [0.1, 0.15) is 19.3 Å². The van der Waals surface area contributed by atoms with Crippen molar-refractivity contribution in [1.29, 1.82) is 0 Å². The SMILES string of the molecule is Cl.Cl.O=C(NC1CCN(c2ccccc2Br)C1)C1CCCNC1. The predicted octanol–water partition coefficient (Wildman–Crippen LogP) is 2.99. The van der Waals surface area contributed by atoms with Crippen LogP contribution in [0.25, 0.3) is 0 Å². The van der Waals surface area contributed by atoms with Crippen LogP contribution in [0.5, 0.6) is 0 Å². The number of carbonyl (C=O) groups is 1. The molecule has 2 aliphatic heterocycles. The highest BCUT2D eigenvalue weighted by Gasteiger charge is 2.28. The molecular formula is C16H24BrCl2N3O. The van der Waals surface area contributed by atoms with Crippen LogP contribution in [0.3, 0.4) is 0 Å². The minimum absolute atomic E-state index is 0. The Kier molecular flexibility index (Phi) is 8.69. The van der Waals surface area contributed by atoms with E-state index in [-0.39, 0.29) is 42.7 Å². The lowest BCUT2D eigenvalue weighted by atomic mass is 9.98. The summed E-state index contributed by atoms with van der Waals surface area (Å²) in [5, 5.41) is 6.54. The summed E-state index contributed by atoms with van der Waals surface area (Å²) in [5.74, 6) is 0.373. The number of benzene rings is 1. The fourth-order valence-electron chi connectivity index (χ4n) is 3.20. The fourth-order valence-corrected chi connectivity index (χ4v) is 3.74. The minimum atomic E-state index is 0. The summed E-state index contributed by atoms with van der Waals surface area (Å²) in [5.41, 5.74) is 1.22. The molecule has 2 fully saturated rings. The van der Waals surface area contributed by atoms with Crippen molar-refractivity contribution in [2.24, 2.45) is 5.92 Å². The Labute approximate surface area is 158 Å². The Bertz CT molecular complexity index is 512. The zero-order valence-electron chi connectivity index (χ0n) is 13.0. The lowest BCUT2D eigenvalue weighted by Gasteiger charge is -2.24. The standard InChI is InChI=1S/C16H22BrN3O.2ClH/c17-14-5-1-2-6-15(14)20-9-7-13(11-20)19-16(21)12-4-3-8-18-10-12;;/h1-2,5-6,12-13,18H,3-4,7-11H2,(H,19,21);2*1H. The second kappa shape index (κ2) is 9.72. The molecule has 0 spiro atoms. The van der Waals surface area contributed by atoms with Crippen LogP contribution in [-0.2, 0) is 4.79 Å². The second-order valence-electron chi connectivity index (χ2n) is 5.93. The molecule has 0 bridgehead atoms. The number of para-hydroxylation sites is 1. The molecule has 3 rings (SSSR count). The maximum atomic E-state index is 12.3. The Morgan fingerprint density at radius 1 is 1.26 bits per heavy atom. The highest BCUT2D eigenvalue weighted by atomic mass is 79.9. The zero-order valence-corrected chi connectivity index (χ0v) is 16.2. The number of nitrogens with one attached hydrogen (secondary N) is 2. The third-order valence-electron chi connectivity index (χ3n) is 4.40. The molecule has 2 unspecified atom stereocenters. The molecule has 4 nitrogen and oxygen atoms in total. The Balaban J connectivity index is 0.00000132. The number of rotatable bonds is 3. The molecule has 1 aromatic rings. The Hall–Kier alpha value is -0.490. The summed E-state index contributed by atoms with van der Waals surface area (Å²) in [6.07, 6.45) is 3.14. The van der Waals surface area contributed by atoms with Crippen LogP contribution >= 0.6 is 40.7 Å². The van der Waals surface area contributed by atoms with Crippen molar-refractivity contribution in [3.8, 4) is 0 Å². The number of piperidine rings is 1. The maximum absolute atomic E-state index is 12.3. The van der Waals surface area contributed by atoms with Crippen molar-refractivity contribution in [3.63, 3.8) is 0 Å².